The number of hydrogen-bond acceptors (Lipinski definition) is 2. The first kappa shape index (κ1) is 12.7. The molecule has 2 nitrogen and oxygen atoms in total. The Morgan fingerprint density at radius 2 is 1.93 bits per heavy atom. The lowest BCUT2D eigenvalue weighted by molar-refractivity contribution is 0.222. The predicted molar refractivity (Wildman–Crippen MR) is 67.2 cm³/mol. The standard InChI is InChI=1S/C13H26N2/c1-3-10-14-11-12-15(2)13-8-6-4-5-7-9-13/h3,13-14H,1,4-12H2,2H3. The van der Waals surface area contributed by atoms with Gasteiger partial charge in [0.15, 0.2) is 0 Å². The van der Waals surface area contributed by atoms with E-state index in [0.29, 0.717) is 0 Å². The maximum Gasteiger partial charge on any atom is 0.0132 e. The zero-order chi connectivity index (χ0) is 10.9. The number of likely N-dealkylation sites (N-methyl/N-ethyl adjacent to an activating group) is 1. The first-order valence-electron chi connectivity index (χ1n) is 6.36. The van der Waals surface area contributed by atoms with E-state index in [1.807, 2.05) is 6.08 Å². The highest BCUT2D eigenvalue weighted by Gasteiger charge is 2.15. The second-order valence-electron chi connectivity index (χ2n) is 4.62. The summed E-state index contributed by atoms with van der Waals surface area (Å²) in [5.74, 6) is 0. The predicted octanol–water partition coefficient (Wildman–Crippen LogP) is 2.42. The van der Waals surface area contributed by atoms with Gasteiger partial charge < -0.3 is 10.2 Å². The number of nitrogens with one attached hydrogen (secondary N) is 1. The zero-order valence-electron chi connectivity index (χ0n) is 10.2. The molecule has 0 spiro atoms. The summed E-state index contributed by atoms with van der Waals surface area (Å²) in [5.41, 5.74) is 0. The van der Waals surface area contributed by atoms with Gasteiger partial charge in [0.1, 0.15) is 0 Å². The van der Waals surface area contributed by atoms with Gasteiger partial charge in [0, 0.05) is 25.7 Å². The Morgan fingerprint density at radius 1 is 1.27 bits per heavy atom. The second kappa shape index (κ2) is 7.89. The van der Waals surface area contributed by atoms with Crippen LogP contribution in [0.15, 0.2) is 12.7 Å². The number of rotatable bonds is 6. The van der Waals surface area contributed by atoms with E-state index in [1.165, 1.54) is 45.1 Å². The van der Waals surface area contributed by atoms with E-state index in [-0.39, 0.29) is 0 Å². The smallest absolute Gasteiger partial charge is 0.0132 e. The SMILES string of the molecule is C=CCNCCN(C)C1CCCCCC1. The first-order chi connectivity index (χ1) is 7.34. The molecule has 0 aromatic rings. The largest absolute Gasteiger partial charge is 0.312 e. The molecule has 1 aliphatic rings. The molecule has 0 unspecified atom stereocenters. The van der Waals surface area contributed by atoms with Crippen LogP contribution in [0.1, 0.15) is 38.5 Å². The fraction of sp³-hybridized carbons (Fsp3) is 0.846. The molecule has 0 radical (unpaired) electrons. The van der Waals surface area contributed by atoms with E-state index < -0.39 is 0 Å². The molecule has 0 aromatic heterocycles. The van der Waals surface area contributed by atoms with Crippen molar-refractivity contribution in [3.8, 4) is 0 Å². The van der Waals surface area contributed by atoms with E-state index >= 15 is 0 Å². The third-order valence-electron chi connectivity index (χ3n) is 3.38. The van der Waals surface area contributed by atoms with E-state index in [9.17, 15) is 0 Å². The van der Waals surface area contributed by atoms with Crippen LogP contribution in [0.25, 0.3) is 0 Å². The molecule has 0 saturated heterocycles. The molecular formula is C13H26N2. The molecule has 1 N–H and O–H groups in total. The summed E-state index contributed by atoms with van der Waals surface area (Å²) in [6.07, 6.45) is 10.5. The van der Waals surface area contributed by atoms with Crippen molar-refractivity contribution in [1.82, 2.24) is 10.2 Å². The Kier molecular flexibility index (Phi) is 6.69. The van der Waals surface area contributed by atoms with Crippen LogP contribution in [-0.2, 0) is 0 Å². The Balaban J connectivity index is 2.13. The summed E-state index contributed by atoms with van der Waals surface area (Å²) in [7, 11) is 2.27. The van der Waals surface area contributed by atoms with Gasteiger partial charge in [-0.3, -0.25) is 0 Å². The van der Waals surface area contributed by atoms with E-state index in [1.54, 1.807) is 0 Å². The topological polar surface area (TPSA) is 15.3 Å². The maximum absolute atomic E-state index is 3.70. The van der Waals surface area contributed by atoms with Gasteiger partial charge in [0.05, 0.1) is 0 Å². The van der Waals surface area contributed by atoms with Crippen LogP contribution < -0.4 is 5.32 Å². The molecule has 1 rings (SSSR count). The molecule has 2 heteroatoms. The van der Waals surface area contributed by atoms with Gasteiger partial charge in [-0.2, -0.15) is 0 Å². The quantitative estimate of drug-likeness (QED) is 0.411. The van der Waals surface area contributed by atoms with Crippen molar-refractivity contribution in [3.05, 3.63) is 12.7 Å². The minimum atomic E-state index is 0.832. The monoisotopic (exact) mass is 210 g/mol. The van der Waals surface area contributed by atoms with Crippen LogP contribution in [0.5, 0.6) is 0 Å². The van der Waals surface area contributed by atoms with Crippen LogP contribution in [-0.4, -0.2) is 37.6 Å². The maximum atomic E-state index is 3.70. The molecule has 1 fully saturated rings. The molecular weight excluding hydrogens is 184 g/mol. The Hall–Kier alpha value is -0.340. The summed E-state index contributed by atoms with van der Waals surface area (Å²) in [6.45, 7) is 6.88. The van der Waals surface area contributed by atoms with E-state index in [0.717, 1.165) is 19.1 Å². The Morgan fingerprint density at radius 3 is 2.53 bits per heavy atom. The van der Waals surface area contributed by atoms with E-state index in [4.69, 9.17) is 0 Å². The summed E-state index contributed by atoms with van der Waals surface area (Å²) in [5, 5.41) is 3.36. The van der Waals surface area contributed by atoms with Crippen molar-refractivity contribution >= 4 is 0 Å². The number of hydrogen-bond donors (Lipinski definition) is 1. The van der Waals surface area contributed by atoms with Crippen molar-refractivity contribution in [3.63, 3.8) is 0 Å². The molecule has 15 heavy (non-hydrogen) atoms. The lowest BCUT2D eigenvalue weighted by Gasteiger charge is -2.27. The van der Waals surface area contributed by atoms with Gasteiger partial charge in [0.25, 0.3) is 0 Å². The zero-order valence-corrected chi connectivity index (χ0v) is 10.2. The highest BCUT2D eigenvalue weighted by atomic mass is 15.1. The third-order valence-corrected chi connectivity index (χ3v) is 3.38. The van der Waals surface area contributed by atoms with E-state index in [2.05, 4.69) is 23.8 Å². The second-order valence-corrected chi connectivity index (χ2v) is 4.62. The molecule has 1 saturated carbocycles. The van der Waals surface area contributed by atoms with Crippen LogP contribution in [0.2, 0.25) is 0 Å². The van der Waals surface area contributed by atoms with Gasteiger partial charge in [-0.05, 0) is 19.9 Å². The van der Waals surface area contributed by atoms with Gasteiger partial charge in [0.2, 0.25) is 0 Å². The van der Waals surface area contributed by atoms with Crippen LogP contribution in [0, 0.1) is 0 Å². The molecule has 0 heterocycles. The molecule has 0 atom stereocenters. The van der Waals surface area contributed by atoms with Gasteiger partial charge in [-0.15, -0.1) is 6.58 Å². The summed E-state index contributed by atoms with van der Waals surface area (Å²) in [6, 6.07) is 0.832. The normalized spacial score (nSPS) is 19.1. The van der Waals surface area contributed by atoms with Gasteiger partial charge in [-0.25, -0.2) is 0 Å². The summed E-state index contributed by atoms with van der Waals surface area (Å²) >= 11 is 0. The average Bonchev–Trinajstić information content (AvgIpc) is 2.52. The summed E-state index contributed by atoms with van der Waals surface area (Å²) < 4.78 is 0. The number of nitrogens with zero attached hydrogens (tertiary/aromatic N) is 1. The lowest BCUT2D eigenvalue weighted by Crippen LogP contribution is -2.36. The van der Waals surface area contributed by atoms with Crippen molar-refractivity contribution in [2.24, 2.45) is 0 Å². The fourth-order valence-corrected chi connectivity index (χ4v) is 2.34. The molecule has 0 bridgehead atoms. The van der Waals surface area contributed by atoms with Gasteiger partial charge in [-0.1, -0.05) is 31.8 Å². The lowest BCUT2D eigenvalue weighted by atomic mass is 10.1. The van der Waals surface area contributed by atoms with Crippen LogP contribution in [0.3, 0.4) is 0 Å². The summed E-state index contributed by atoms with van der Waals surface area (Å²) in [4.78, 5) is 2.53. The average molecular weight is 210 g/mol. The van der Waals surface area contributed by atoms with Crippen LogP contribution in [0.4, 0.5) is 0 Å². The van der Waals surface area contributed by atoms with Gasteiger partial charge >= 0.3 is 0 Å². The minimum absolute atomic E-state index is 0.832. The molecule has 88 valence electrons. The Labute approximate surface area is 94.7 Å². The van der Waals surface area contributed by atoms with Crippen molar-refractivity contribution in [2.75, 3.05) is 26.7 Å². The highest BCUT2D eigenvalue weighted by molar-refractivity contribution is 4.74. The molecule has 0 amide bonds. The highest BCUT2D eigenvalue weighted by Crippen LogP contribution is 2.20. The molecule has 0 aromatic carbocycles. The minimum Gasteiger partial charge on any atom is -0.312 e. The molecule has 0 aliphatic heterocycles. The third kappa shape index (κ3) is 5.33. The van der Waals surface area contributed by atoms with Crippen molar-refractivity contribution < 1.29 is 0 Å². The van der Waals surface area contributed by atoms with Crippen molar-refractivity contribution in [1.29, 1.82) is 0 Å². The fourth-order valence-electron chi connectivity index (χ4n) is 2.34. The first-order valence-corrected chi connectivity index (χ1v) is 6.36. The molecule has 1 aliphatic carbocycles. The van der Waals surface area contributed by atoms with Crippen LogP contribution >= 0.6 is 0 Å². The Bertz CT molecular complexity index is 160. The van der Waals surface area contributed by atoms with Crippen molar-refractivity contribution in [2.45, 2.75) is 44.6 Å².